The Morgan fingerprint density at radius 3 is 2.67 bits per heavy atom. The lowest BCUT2D eigenvalue weighted by Crippen LogP contribution is -2.33. The van der Waals surface area contributed by atoms with Crippen molar-refractivity contribution in [3.8, 4) is 5.75 Å². The maximum Gasteiger partial charge on any atom is 0.340 e. The van der Waals surface area contributed by atoms with E-state index in [0.29, 0.717) is 4.47 Å². The molecule has 0 amide bonds. The zero-order chi connectivity index (χ0) is 11.5. The van der Waals surface area contributed by atoms with Crippen LogP contribution in [0.4, 0.5) is 17.6 Å². The number of nitrogens with zero attached hydrogens (tertiary/aromatic N) is 1. The Hall–Kier alpha value is -0.850. The molecule has 2 nitrogen and oxygen atoms in total. The van der Waals surface area contributed by atoms with Crippen LogP contribution in [-0.2, 0) is 0 Å². The molecule has 0 aliphatic heterocycles. The first-order chi connectivity index (χ1) is 6.93. The Morgan fingerprint density at radius 2 is 2.13 bits per heavy atom. The van der Waals surface area contributed by atoms with Crippen molar-refractivity contribution < 1.29 is 22.3 Å². The van der Waals surface area contributed by atoms with E-state index in [1.165, 1.54) is 18.5 Å². The molecular formula is C8H6BrF4NO. The summed E-state index contributed by atoms with van der Waals surface area (Å²) in [7, 11) is 0. The predicted octanol–water partition coefficient (Wildman–Crippen LogP) is 3.12. The van der Waals surface area contributed by atoms with Crippen LogP contribution in [0.2, 0.25) is 0 Å². The summed E-state index contributed by atoms with van der Waals surface area (Å²) >= 11 is 2.98. The monoisotopic (exact) mass is 287 g/mol. The highest BCUT2D eigenvalue weighted by Gasteiger charge is 2.41. The summed E-state index contributed by atoms with van der Waals surface area (Å²) in [5.74, 6) is -4.10. The fourth-order valence-electron chi connectivity index (χ4n) is 0.716. The molecule has 1 rings (SSSR count). The molecule has 0 fully saturated rings. The van der Waals surface area contributed by atoms with Gasteiger partial charge >= 0.3 is 12.3 Å². The Labute approximate surface area is 91.4 Å². The number of rotatable bonds is 4. The number of aromatic nitrogens is 1. The van der Waals surface area contributed by atoms with Gasteiger partial charge in [0.05, 0.1) is 4.47 Å². The topological polar surface area (TPSA) is 22.1 Å². The maximum absolute atomic E-state index is 12.5. The molecule has 0 saturated carbocycles. The van der Waals surface area contributed by atoms with E-state index in [2.05, 4.69) is 25.7 Å². The maximum atomic E-state index is 12.5. The summed E-state index contributed by atoms with van der Waals surface area (Å²) in [5.41, 5.74) is 0. The molecule has 1 aromatic heterocycles. The first-order valence-corrected chi connectivity index (χ1v) is 4.61. The number of hydrogen-bond donors (Lipinski definition) is 0. The number of pyridine rings is 1. The van der Waals surface area contributed by atoms with Gasteiger partial charge in [0.25, 0.3) is 0 Å². The van der Waals surface area contributed by atoms with E-state index in [1.807, 2.05) is 0 Å². The number of halogens is 5. The van der Waals surface area contributed by atoms with Crippen molar-refractivity contribution >= 4 is 15.9 Å². The van der Waals surface area contributed by atoms with Crippen LogP contribution in [-0.4, -0.2) is 23.9 Å². The third kappa shape index (κ3) is 3.33. The molecule has 0 atom stereocenters. The molecule has 84 valence electrons. The minimum absolute atomic E-state index is 0.0466. The Balaban J connectivity index is 2.62. The average Bonchev–Trinajstić information content (AvgIpc) is 2.16. The van der Waals surface area contributed by atoms with Gasteiger partial charge in [-0.15, -0.1) is 0 Å². The largest absolute Gasteiger partial charge is 0.486 e. The summed E-state index contributed by atoms with van der Waals surface area (Å²) < 4.78 is 53.3. The summed E-state index contributed by atoms with van der Waals surface area (Å²) in [4.78, 5) is 3.66. The van der Waals surface area contributed by atoms with E-state index in [1.54, 1.807) is 0 Å². The van der Waals surface area contributed by atoms with Crippen LogP contribution in [0.5, 0.6) is 5.75 Å². The van der Waals surface area contributed by atoms with Crippen molar-refractivity contribution in [3.05, 3.63) is 22.9 Å². The SMILES string of the molecule is FC(F)C(F)(F)COc1ccncc1Br. The molecule has 15 heavy (non-hydrogen) atoms. The van der Waals surface area contributed by atoms with Gasteiger partial charge in [-0.05, 0) is 22.0 Å². The third-order valence-corrected chi connectivity index (χ3v) is 2.07. The fourth-order valence-corrected chi connectivity index (χ4v) is 1.08. The van der Waals surface area contributed by atoms with Crippen LogP contribution in [0, 0.1) is 0 Å². The molecule has 0 aliphatic carbocycles. The van der Waals surface area contributed by atoms with Gasteiger partial charge in [-0.1, -0.05) is 0 Å². The smallest absolute Gasteiger partial charge is 0.340 e. The van der Waals surface area contributed by atoms with Crippen LogP contribution in [0.15, 0.2) is 22.9 Å². The van der Waals surface area contributed by atoms with Crippen molar-refractivity contribution in [2.45, 2.75) is 12.3 Å². The van der Waals surface area contributed by atoms with Crippen molar-refractivity contribution in [1.29, 1.82) is 0 Å². The molecule has 0 unspecified atom stereocenters. The number of hydrogen-bond acceptors (Lipinski definition) is 2. The average molecular weight is 288 g/mol. The van der Waals surface area contributed by atoms with Gasteiger partial charge in [0, 0.05) is 12.4 Å². The van der Waals surface area contributed by atoms with Crippen molar-refractivity contribution in [1.82, 2.24) is 4.98 Å². The van der Waals surface area contributed by atoms with Crippen molar-refractivity contribution in [2.24, 2.45) is 0 Å². The molecule has 1 heterocycles. The van der Waals surface area contributed by atoms with E-state index in [9.17, 15) is 17.6 Å². The molecule has 7 heteroatoms. The standard InChI is InChI=1S/C8H6BrF4NO/c9-5-3-14-2-1-6(5)15-4-8(12,13)7(10)11/h1-3,7H,4H2. The highest BCUT2D eigenvalue weighted by atomic mass is 79.9. The second-order valence-corrected chi connectivity index (χ2v) is 3.51. The summed E-state index contributed by atoms with van der Waals surface area (Å²) in [5, 5.41) is 0. The molecule has 1 aromatic rings. The van der Waals surface area contributed by atoms with Gasteiger partial charge in [-0.3, -0.25) is 4.98 Å². The molecule has 0 saturated heterocycles. The van der Waals surface area contributed by atoms with E-state index in [-0.39, 0.29) is 5.75 Å². The zero-order valence-electron chi connectivity index (χ0n) is 7.26. The van der Waals surface area contributed by atoms with Crippen LogP contribution in [0.3, 0.4) is 0 Å². The molecule has 0 bridgehead atoms. The molecular weight excluding hydrogens is 282 g/mol. The predicted molar refractivity (Wildman–Crippen MR) is 48.4 cm³/mol. The second-order valence-electron chi connectivity index (χ2n) is 2.66. The van der Waals surface area contributed by atoms with Crippen LogP contribution in [0.1, 0.15) is 0 Å². The van der Waals surface area contributed by atoms with E-state index >= 15 is 0 Å². The minimum Gasteiger partial charge on any atom is -0.486 e. The number of ether oxygens (including phenoxy) is 1. The molecule has 0 aliphatic rings. The van der Waals surface area contributed by atoms with Gasteiger partial charge in [-0.2, -0.15) is 8.78 Å². The lowest BCUT2D eigenvalue weighted by molar-refractivity contribution is -0.148. The van der Waals surface area contributed by atoms with E-state index in [4.69, 9.17) is 0 Å². The van der Waals surface area contributed by atoms with Crippen LogP contribution < -0.4 is 4.74 Å². The van der Waals surface area contributed by atoms with Crippen LogP contribution >= 0.6 is 15.9 Å². The normalized spacial score (nSPS) is 11.9. The molecule has 0 aromatic carbocycles. The molecule has 0 N–H and O–H groups in total. The quantitative estimate of drug-likeness (QED) is 0.794. The third-order valence-electron chi connectivity index (χ3n) is 1.47. The Kier molecular flexibility index (Phi) is 3.90. The van der Waals surface area contributed by atoms with Gasteiger partial charge in [0.15, 0.2) is 6.61 Å². The lowest BCUT2D eigenvalue weighted by atomic mass is 10.4. The second kappa shape index (κ2) is 4.78. The van der Waals surface area contributed by atoms with Gasteiger partial charge in [0.1, 0.15) is 5.75 Å². The molecule has 0 spiro atoms. The Bertz CT molecular complexity index is 334. The van der Waals surface area contributed by atoms with E-state index < -0.39 is 19.0 Å². The number of alkyl halides is 4. The fraction of sp³-hybridized carbons (Fsp3) is 0.375. The first-order valence-electron chi connectivity index (χ1n) is 3.82. The summed E-state index contributed by atoms with van der Waals surface area (Å²) in [6, 6.07) is 1.30. The Morgan fingerprint density at radius 1 is 1.47 bits per heavy atom. The lowest BCUT2D eigenvalue weighted by Gasteiger charge is -2.16. The highest BCUT2D eigenvalue weighted by molar-refractivity contribution is 9.10. The van der Waals surface area contributed by atoms with E-state index in [0.717, 1.165) is 0 Å². The first kappa shape index (κ1) is 12.2. The minimum atomic E-state index is -4.15. The van der Waals surface area contributed by atoms with Crippen molar-refractivity contribution in [2.75, 3.05) is 6.61 Å². The molecule has 0 radical (unpaired) electrons. The van der Waals surface area contributed by atoms with Gasteiger partial charge < -0.3 is 4.74 Å². The van der Waals surface area contributed by atoms with Crippen LogP contribution in [0.25, 0.3) is 0 Å². The summed E-state index contributed by atoms with van der Waals surface area (Å²) in [6.45, 7) is -1.37. The van der Waals surface area contributed by atoms with Gasteiger partial charge in [-0.25, -0.2) is 8.78 Å². The zero-order valence-corrected chi connectivity index (χ0v) is 8.85. The summed E-state index contributed by atoms with van der Waals surface area (Å²) in [6.07, 6.45) is -1.12. The van der Waals surface area contributed by atoms with Crippen molar-refractivity contribution in [3.63, 3.8) is 0 Å². The highest BCUT2D eigenvalue weighted by Crippen LogP contribution is 2.27. The van der Waals surface area contributed by atoms with Gasteiger partial charge in [0.2, 0.25) is 0 Å².